The zero-order valence-electron chi connectivity index (χ0n) is 13.2. The molecule has 0 N–H and O–H groups in total. The molecule has 0 saturated carbocycles. The van der Waals surface area contributed by atoms with Crippen LogP contribution in [0.3, 0.4) is 0 Å². The third-order valence-electron chi connectivity index (χ3n) is 3.52. The van der Waals surface area contributed by atoms with Gasteiger partial charge in [0.05, 0.1) is 4.91 Å². The van der Waals surface area contributed by atoms with Gasteiger partial charge in [-0.15, -0.1) is 0 Å². The first-order valence-corrected chi connectivity index (χ1v) is 8.21. The highest BCUT2D eigenvalue weighted by molar-refractivity contribution is 7.96. The Balaban J connectivity index is 2.54. The van der Waals surface area contributed by atoms with Gasteiger partial charge in [-0.05, 0) is 33.3 Å². The van der Waals surface area contributed by atoms with E-state index < -0.39 is 38.8 Å². The first-order valence-electron chi connectivity index (χ1n) is 6.66. The number of hydrogen-bond donors (Lipinski definition) is 0. The quantitative estimate of drug-likeness (QED) is 0.548. The maximum Gasteiger partial charge on any atom is 0.355 e. The summed E-state index contributed by atoms with van der Waals surface area (Å²) in [7, 11) is -2.59. The maximum atomic E-state index is 12.4. The lowest BCUT2D eigenvalue weighted by Gasteiger charge is -2.48. The second kappa shape index (κ2) is 4.92. The molecule has 0 aromatic carbocycles. The van der Waals surface area contributed by atoms with Crippen molar-refractivity contribution in [1.29, 1.82) is 0 Å². The molecule has 0 bridgehead atoms. The summed E-state index contributed by atoms with van der Waals surface area (Å²) >= 11 is 0. The third-order valence-corrected chi connectivity index (χ3v) is 5.60. The van der Waals surface area contributed by atoms with Crippen LogP contribution in [0, 0.1) is 0 Å². The summed E-state index contributed by atoms with van der Waals surface area (Å²) in [5, 5.41) is -1.26. The molecule has 0 aromatic rings. The lowest BCUT2D eigenvalue weighted by Crippen LogP contribution is -2.70. The molecule has 2 atom stereocenters. The van der Waals surface area contributed by atoms with Gasteiger partial charge in [0, 0.05) is 7.11 Å². The lowest BCUT2D eigenvalue weighted by atomic mass is 10.0. The predicted octanol–water partition coefficient (Wildman–Crippen LogP) is 0.728. The van der Waals surface area contributed by atoms with Crippen molar-refractivity contribution in [3.05, 3.63) is 22.8 Å². The van der Waals surface area contributed by atoms with Crippen molar-refractivity contribution in [3.63, 3.8) is 0 Å². The summed E-state index contributed by atoms with van der Waals surface area (Å²) in [5.74, 6) is -1.34. The zero-order chi connectivity index (χ0) is 17.0. The van der Waals surface area contributed by atoms with Crippen LogP contribution in [0.15, 0.2) is 22.8 Å². The number of sulfone groups is 1. The first kappa shape index (κ1) is 16.7. The van der Waals surface area contributed by atoms with E-state index in [-0.39, 0.29) is 16.2 Å². The minimum Gasteiger partial charge on any atom is -0.455 e. The first-order chi connectivity index (χ1) is 9.93. The van der Waals surface area contributed by atoms with Crippen LogP contribution < -0.4 is 0 Å². The number of carbonyl (C=O) groups is 2. The van der Waals surface area contributed by atoms with E-state index in [9.17, 15) is 18.0 Å². The Morgan fingerprint density at radius 2 is 1.86 bits per heavy atom. The number of esters is 1. The van der Waals surface area contributed by atoms with E-state index in [0.717, 1.165) is 4.90 Å². The van der Waals surface area contributed by atoms with Crippen molar-refractivity contribution in [3.8, 4) is 0 Å². The average molecular weight is 329 g/mol. The fraction of sp³-hybridized carbons (Fsp3) is 0.571. The molecule has 1 saturated heterocycles. The third kappa shape index (κ3) is 2.26. The second-order valence-corrected chi connectivity index (χ2v) is 8.26. The highest BCUT2D eigenvalue weighted by Crippen LogP contribution is 2.42. The Kier molecular flexibility index (Phi) is 3.73. The number of nitrogens with zero attached hydrogens (tertiary/aromatic N) is 1. The van der Waals surface area contributed by atoms with Crippen LogP contribution in [-0.4, -0.2) is 49.4 Å². The molecule has 8 heteroatoms. The molecule has 22 heavy (non-hydrogen) atoms. The highest BCUT2D eigenvalue weighted by atomic mass is 32.2. The standard InChI is InChI=1S/C14H19NO6S/c1-7-8(2)22(18,19)12-10(20-6)11(16)15(12)9(7)13(17)21-14(3,4)5/h10,12H,2H2,1,3-6H3/t10-,12+/m0/s1. The maximum absolute atomic E-state index is 12.4. The number of carbonyl (C=O) groups excluding carboxylic acids is 2. The van der Waals surface area contributed by atoms with Crippen LogP contribution in [0.1, 0.15) is 27.7 Å². The molecule has 122 valence electrons. The van der Waals surface area contributed by atoms with Crippen LogP contribution in [0.25, 0.3) is 0 Å². The molecule has 1 amide bonds. The normalized spacial score (nSPS) is 27.4. The van der Waals surface area contributed by atoms with Gasteiger partial charge in [-0.25, -0.2) is 13.2 Å². The van der Waals surface area contributed by atoms with Gasteiger partial charge < -0.3 is 9.47 Å². The number of fused-ring (bicyclic) bond motifs is 1. The van der Waals surface area contributed by atoms with Crippen molar-refractivity contribution in [2.45, 2.75) is 44.8 Å². The van der Waals surface area contributed by atoms with Gasteiger partial charge in [-0.1, -0.05) is 6.58 Å². The van der Waals surface area contributed by atoms with Gasteiger partial charge in [0.1, 0.15) is 11.3 Å². The Morgan fingerprint density at radius 1 is 1.32 bits per heavy atom. The summed E-state index contributed by atoms with van der Waals surface area (Å²) in [6.45, 7) is 10.0. The second-order valence-electron chi connectivity index (χ2n) is 6.20. The highest BCUT2D eigenvalue weighted by Gasteiger charge is 2.61. The van der Waals surface area contributed by atoms with E-state index in [1.54, 1.807) is 20.8 Å². The Hall–Kier alpha value is -1.67. The monoisotopic (exact) mass is 329 g/mol. The minimum absolute atomic E-state index is 0.0851. The zero-order valence-corrected chi connectivity index (χ0v) is 14.0. The number of amides is 1. The molecule has 2 rings (SSSR count). The van der Waals surface area contributed by atoms with E-state index in [0.29, 0.717) is 0 Å². The number of β-lactam (4-membered cyclic amide) rings is 1. The summed E-state index contributed by atoms with van der Waals surface area (Å²) < 4.78 is 35.0. The van der Waals surface area contributed by atoms with E-state index in [1.165, 1.54) is 14.0 Å². The molecule has 0 spiro atoms. The largest absolute Gasteiger partial charge is 0.455 e. The molecule has 0 aromatic heterocycles. The van der Waals surface area contributed by atoms with Crippen molar-refractivity contribution in [2.75, 3.05) is 7.11 Å². The fourth-order valence-electron chi connectivity index (χ4n) is 2.44. The van der Waals surface area contributed by atoms with Crippen LogP contribution in [0.2, 0.25) is 0 Å². The summed E-state index contributed by atoms with van der Waals surface area (Å²) in [6.07, 6.45) is -1.13. The van der Waals surface area contributed by atoms with Gasteiger partial charge in [0.25, 0.3) is 5.91 Å². The molecule has 7 nitrogen and oxygen atoms in total. The number of hydrogen-bond acceptors (Lipinski definition) is 6. The number of allylic oxidation sites excluding steroid dienone is 1. The topological polar surface area (TPSA) is 90.0 Å². The smallest absolute Gasteiger partial charge is 0.355 e. The van der Waals surface area contributed by atoms with E-state index >= 15 is 0 Å². The molecular weight excluding hydrogens is 310 g/mol. The SMILES string of the molecule is C=C1C(C)=C(C(=O)OC(C)(C)C)N2C(=O)[C@H](OC)[C@H]2S1(=O)=O. The van der Waals surface area contributed by atoms with E-state index in [4.69, 9.17) is 9.47 Å². The molecule has 0 radical (unpaired) electrons. The fourth-order valence-corrected chi connectivity index (χ4v) is 4.30. The number of methoxy groups -OCH3 is 1. The molecule has 0 unspecified atom stereocenters. The van der Waals surface area contributed by atoms with Crippen LogP contribution in [-0.2, 0) is 28.9 Å². The lowest BCUT2D eigenvalue weighted by molar-refractivity contribution is -0.167. The minimum atomic E-state index is -3.84. The van der Waals surface area contributed by atoms with E-state index in [1.807, 2.05) is 0 Å². The molecule has 2 aliphatic heterocycles. The molecular formula is C14H19NO6S. The van der Waals surface area contributed by atoms with Crippen molar-refractivity contribution >= 4 is 21.7 Å². The van der Waals surface area contributed by atoms with Crippen LogP contribution in [0.4, 0.5) is 0 Å². The van der Waals surface area contributed by atoms with Gasteiger partial charge >= 0.3 is 5.97 Å². The molecule has 2 heterocycles. The Labute approximate surface area is 129 Å². The number of rotatable bonds is 2. The Morgan fingerprint density at radius 3 is 2.32 bits per heavy atom. The van der Waals surface area contributed by atoms with E-state index in [2.05, 4.69) is 6.58 Å². The van der Waals surface area contributed by atoms with Crippen molar-refractivity contribution < 1.29 is 27.5 Å². The summed E-state index contributed by atoms with van der Waals surface area (Å²) in [4.78, 5) is 25.2. The van der Waals surface area contributed by atoms with Crippen LogP contribution in [0.5, 0.6) is 0 Å². The summed E-state index contributed by atoms with van der Waals surface area (Å²) in [6, 6.07) is 0. The molecule has 0 aliphatic carbocycles. The molecule has 2 aliphatic rings. The van der Waals surface area contributed by atoms with Gasteiger partial charge in [-0.2, -0.15) is 0 Å². The summed E-state index contributed by atoms with van der Waals surface area (Å²) in [5.41, 5.74) is -0.738. The Bertz CT molecular complexity index is 697. The van der Waals surface area contributed by atoms with Gasteiger partial charge in [0.2, 0.25) is 9.84 Å². The average Bonchev–Trinajstić information content (AvgIpc) is 2.36. The van der Waals surface area contributed by atoms with Gasteiger partial charge in [0.15, 0.2) is 11.5 Å². The van der Waals surface area contributed by atoms with Crippen molar-refractivity contribution in [1.82, 2.24) is 4.90 Å². The van der Waals surface area contributed by atoms with Gasteiger partial charge in [-0.3, -0.25) is 9.69 Å². The number of ether oxygens (including phenoxy) is 2. The molecule has 1 fully saturated rings. The van der Waals surface area contributed by atoms with Crippen molar-refractivity contribution in [2.24, 2.45) is 0 Å². The predicted molar refractivity (Wildman–Crippen MR) is 78.0 cm³/mol. The van der Waals surface area contributed by atoms with Crippen LogP contribution >= 0.6 is 0 Å².